The van der Waals surface area contributed by atoms with Crippen molar-refractivity contribution in [1.29, 1.82) is 0 Å². The van der Waals surface area contributed by atoms with Crippen LogP contribution >= 0.6 is 15.9 Å². The highest BCUT2D eigenvalue weighted by Crippen LogP contribution is 2.35. The van der Waals surface area contributed by atoms with Crippen molar-refractivity contribution in [1.82, 2.24) is 10.2 Å². The molecule has 1 aliphatic rings. The molecule has 1 aromatic carbocycles. The molecule has 1 atom stereocenters. The van der Waals surface area contributed by atoms with E-state index in [0.717, 1.165) is 13.1 Å². The van der Waals surface area contributed by atoms with Gasteiger partial charge in [0.25, 0.3) is 0 Å². The van der Waals surface area contributed by atoms with E-state index in [-0.39, 0.29) is 10.2 Å². The predicted octanol–water partition coefficient (Wildman–Crippen LogP) is 2.21. The number of rotatable bonds is 3. The summed E-state index contributed by atoms with van der Waals surface area (Å²) >= 11 is 3.08. The Kier molecular flexibility index (Phi) is 4.53. The van der Waals surface area contributed by atoms with Crippen molar-refractivity contribution in [3.05, 3.63) is 28.0 Å². The van der Waals surface area contributed by atoms with Crippen LogP contribution in [0.5, 0.6) is 5.75 Å². The van der Waals surface area contributed by atoms with E-state index in [1.54, 1.807) is 0 Å². The van der Waals surface area contributed by atoms with Gasteiger partial charge in [-0.3, -0.25) is 4.90 Å². The Morgan fingerprint density at radius 2 is 2.06 bits per heavy atom. The number of hydrogen-bond acceptors (Lipinski definition) is 3. The lowest BCUT2D eigenvalue weighted by atomic mass is 10.0. The quantitative estimate of drug-likeness (QED) is 0.896. The standard InChI is InChI=1S/C12H15BrF2N2O/c13-10-6-8(15)5-9(12(10)18)11(7-14)17-3-1-16-2-4-17/h5-6,11,16,18H,1-4,7H2/t11-/m0/s1. The summed E-state index contributed by atoms with van der Waals surface area (Å²) in [5.41, 5.74) is 0.297. The fourth-order valence-electron chi connectivity index (χ4n) is 2.21. The average molecular weight is 321 g/mol. The molecule has 18 heavy (non-hydrogen) atoms. The summed E-state index contributed by atoms with van der Waals surface area (Å²) in [6.07, 6.45) is 0. The molecule has 1 aromatic rings. The Balaban J connectivity index is 2.31. The van der Waals surface area contributed by atoms with Gasteiger partial charge in [0.05, 0.1) is 10.5 Å². The van der Waals surface area contributed by atoms with E-state index in [2.05, 4.69) is 21.2 Å². The number of phenols is 1. The van der Waals surface area contributed by atoms with Crippen molar-refractivity contribution < 1.29 is 13.9 Å². The van der Waals surface area contributed by atoms with Crippen LogP contribution in [0.15, 0.2) is 16.6 Å². The third-order valence-corrected chi connectivity index (χ3v) is 3.76. The summed E-state index contributed by atoms with van der Waals surface area (Å²) in [5, 5.41) is 13.1. The van der Waals surface area contributed by atoms with Crippen molar-refractivity contribution >= 4 is 15.9 Å². The molecule has 0 bridgehead atoms. The number of halogens is 3. The summed E-state index contributed by atoms with van der Waals surface area (Å²) in [5.74, 6) is -0.569. The summed E-state index contributed by atoms with van der Waals surface area (Å²) in [6.45, 7) is 2.26. The second-order valence-electron chi connectivity index (χ2n) is 4.28. The van der Waals surface area contributed by atoms with Gasteiger partial charge >= 0.3 is 0 Å². The molecule has 1 fully saturated rings. The molecule has 0 spiro atoms. The average Bonchev–Trinajstić information content (AvgIpc) is 2.37. The molecule has 1 saturated heterocycles. The molecule has 6 heteroatoms. The van der Waals surface area contributed by atoms with Crippen molar-refractivity contribution in [2.75, 3.05) is 32.9 Å². The highest BCUT2D eigenvalue weighted by Gasteiger charge is 2.25. The maximum absolute atomic E-state index is 13.4. The van der Waals surface area contributed by atoms with Gasteiger partial charge in [-0.1, -0.05) is 0 Å². The van der Waals surface area contributed by atoms with Crippen LogP contribution in [-0.4, -0.2) is 42.9 Å². The molecular weight excluding hydrogens is 306 g/mol. The minimum Gasteiger partial charge on any atom is -0.506 e. The van der Waals surface area contributed by atoms with Crippen molar-refractivity contribution in [3.8, 4) is 5.75 Å². The Morgan fingerprint density at radius 1 is 1.39 bits per heavy atom. The molecule has 0 amide bonds. The summed E-state index contributed by atoms with van der Waals surface area (Å²) in [6, 6.07) is 1.78. The van der Waals surface area contributed by atoms with Crippen LogP contribution in [0.4, 0.5) is 8.78 Å². The van der Waals surface area contributed by atoms with E-state index >= 15 is 0 Å². The Labute approximate surface area is 113 Å². The fourth-order valence-corrected chi connectivity index (χ4v) is 2.66. The molecule has 1 heterocycles. The van der Waals surface area contributed by atoms with Gasteiger partial charge in [0.15, 0.2) is 0 Å². The lowest BCUT2D eigenvalue weighted by Crippen LogP contribution is -2.45. The van der Waals surface area contributed by atoms with E-state index in [0.29, 0.717) is 18.7 Å². The van der Waals surface area contributed by atoms with Crippen LogP contribution in [-0.2, 0) is 0 Å². The van der Waals surface area contributed by atoms with Gasteiger partial charge in [-0.2, -0.15) is 0 Å². The first-order valence-electron chi connectivity index (χ1n) is 5.82. The molecule has 0 unspecified atom stereocenters. The van der Waals surface area contributed by atoms with Crippen molar-refractivity contribution in [2.45, 2.75) is 6.04 Å². The minimum absolute atomic E-state index is 0.0856. The van der Waals surface area contributed by atoms with Gasteiger partial charge in [-0.25, -0.2) is 8.78 Å². The first-order valence-corrected chi connectivity index (χ1v) is 6.61. The van der Waals surface area contributed by atoms with Gasteiger partial charge < -0.3 is 10.4 Å². The molecule has 2 N–H and O–H groups in total. The molecule has 0 radical (unpaired) electrons. The van der Waals surface area contributed by atoms with Crippen molar-refractivity contribution in [3.63, 3.8) is 0 Å². The van der Waals surface area contributed by atoms with Gasteiger partial charge in [0.1, 0.15) is 18.2 Å². The lowest BCUT2D eigenvalue weighted by molar-refractivity contribution is 0.145. The number of phenolic OH excluding ortho intramolecular Hbond substituents is 1. The summed E-state index contributed by atoms with van der Waals surface area (Å²) < 4.78 is 26.9. The number of piperazine rings is 1. The Bertz CT molecular complexity index is 425. The Hall–Kier alpha value is -0.720. The molecule has 1 aliphatic heterocycles. The number of nitrogens with one attached hydrogen (secondary N) is 1. The summed E-state index contributed by atoms with van der Waals surface area (Å²) in [7, 11) is 0. The highest BCUT2D eigenvalue weighted by atomic mass is 79.9. The zero-order chi connectivity index (χ0) is 13.1. The second kappa shape index (κ2) is 5.95. The number of benzene rings is 1. The number of aromatic hydroxyl groups is 1. The summed E-state index contributed by atoms with van der Waals surface area (Å²) in [4.78, 5) is 1.91. The monoisotopic (exact) mass is 320 g/mol. The third kappa shape index (κ3) is 2.81. The van der Waals surface area contributed by atoms with Gasteiger partial charge in [0.2, 0.25) is 0 Å². The molecule has 100 valence electrons. The largest absolute Gasteiger partial charge is 0.506 e. The number of nitrogens with zero attached hydrogens (tertiary/aromatic N) is 1. The van der Waals surface area contributed by atoms with Gasteiger partial charge in [0, 0.05) is 31.7 Å². The molecule has 3 nitrogen and oxygen atoms in total. The van der Waals surface area contributed by atoms with Crippen molar-refractivity contribution in [2.24, 2.45) is 0 Å². The van der Waals surface area contributed by atoms with E-state index < -0.39 is 18.5 Å². The van der Waals surface area contributed by atoms with Crippen LogP contribution in [0.3, 0.4) is 0 Å². The molecule has 0 aliphatic carbocycles. The maximum Gasteiger partial charge on any atom is 0.134 e. The normalized spacial score (nSPS) is 18.8. The van der Waals surface area contributed by atoms with Crippen LogP contribution in [0.25, 0.3) is 0 Å². The Morgan fingerprint density at radius 3 is 2.67 bits per heavy atom. The van der Waals surface area contributed by atoms with E-state index in [4.69, 9.17) is 0 Å². The van der Waals surface area contributed by atoms with E-state index in [9.17, 15) is 13.9 Å². The predicted molar refractivity (Wildman–Crippen MR) is 68.9 cm³/mol. The second-order valence-corrected chi connectivity index (χ2v) is 5.14. The minimum atomic E-state index is -0.649. The maximum atomic E-state index is 13.4. The fraction of sp³-hybridized carbons (Fsp3) is 0.500. The molecule has 0 aromatic heterocycles. The smallest absolute Gasteiger partial charge is 0.134 e. The van der Waals surface area contributed by atoms with Crippen LogP contribution < -0.4 is 5.32 Å². The zero-order valence-electron chi connectivity index (χ0n) is 9.80. The van der Waals surface area contributed by atoms with Gasteiger partial charge in [-0.15, -0.1) is 0 Å². The molecule has 0 saturated carbocycles. The SMILES string of the molecule is Oc1c(Br)cc(F)cc1[C@H](CF)N1CCNCC1. The first kappa shape index (κ1) is 13.7. The lowest BCUT2D eigenvalue weighted by Gasteiger charge is -2.34. The van der Waals surface area contributed by atoms with Crippen LogP contribution in [0.2, 0.25) is 0 Å². The third-order valence-electron chi connectivity index (χ3n) is 3.16. The molecule has 2 rings (SSSR count). The number of hydrogen-bond donors (Lipinski definition) is 2. The molecular formula is C12H15BrF2N2O. The highest BCUT2D eigenvalue weighted by molar-refractivity contribution is 9.10. The van der Waals surface area contributed by atoms with Crippen LogP contribution in [0.1, 0.15) is 11.6 Å². The van der Waals surface area contributed by atoms with E-state index in [1.807, 2.05) is 4.90 Å². The first-order chi connectivity index (χ1) is 8.63. The van der Waals surface area contributed by atoms with Gasteiger partial charge in [-0.05, 0) is 28.1 Å². The topological polar surface area (TPSA) is 35.5 Å². The van der Waals surface area contributed by atoms with E-state index in [1.165, 1.54) is 12.1 Å². The van der Waals surface area contributed by atoms with Crippen LogP contribution in [0, 0.1) is 5.82 Å². The zero-order valence-corrected chi connectivity index (χ0v) is 11.4. The number of alkyl halides is 1.